The van der Waals surface area contributed by atoms with Gasteiger partial charge in [0.2, 0.25) is 5.91 Å². The Labute approximate surface area is 139 Å². The van der Waals surface area contributed by atoms with E-state index in [1.165, 1.54) is 17.9 Å². The monoisotopic (exact) mass is 332 g/mol. The average Bonchev–Trinajstić information content (AvgIpc) is 2.97. The molecule has 2 aromatic rings. The van der Waals surface area contributed by atoms with Gasteiger partial charge in [-0.15, -0.1) is 0 Å². The molecule has 7 nitrogen and oxygen atoms in total. The maximum absolute atomic E-state index is 12.6. The van der Waals surface area contributed by atoms with Gasteiger partial charge in [-0.2, -0.15) is 0 Å². The number of ether oxygens (including phenoxy) is 2. The summed E-state index contributed by atoms with van der Waals surface area (Å²) in [5.41, 5.74) is 0.835. The van der Waals surface area contributed by atoms with Crippen LogP contribution in [0.3, 0.4) is 0 Å². The number of oxime groups is 1. The van der Waals surface area contributed by atoms with Crippen LogP contribution in [0.5, 0.6) is 5.75 Å². The standard InChI is InChI=1S/C17H20N2O5/c1-4-24-17(21)15-11-12-10-13(22-2)7-8-14(12)19(15)16(20)6-5-9-18-23-3/h7-11H,4-6H2,1-3H3/b18-9+. The molecule has 0 saturated carbocycles. The summed E-state index contributed by atoms with van der Waals surface area (Å²) in [6, 6.07) is 6.90. The minimum absolute atomic E-state index is 0.190. The van der Waals surface area contributed by atoms with Gasteiger partial charge in [-0.3, -0.25) is 9.36 Å². The first-order valence-electron chi connectivity index (χ1n) is 7.57. The van der Waals surface area contributed by atoms with E-state index >= 15 is 0 Å². The Morgan fingerprint density at radius 3 is 2.71 bits per heavy atom. The van der Waals surface area contributed by atoms with Crippen LogP contribution in [0.2, 0.25) is 0 Å². The fraction of sp³-hybridized carbons (Fsp3) is 0.353. The molecule has 0 aliphatic heterocycles. The number of hydrogen-bond donors (Lipinski definition) is 0. The first kappa shape index (κ1) is 17.5. The molecule has 1 aromatic heterocycles. The van der Waals surface area contributed by atoms with Crippen LogP contribution >= 0.6 is 0 Å². The second-order valence-electron chi connectivity index (χ2n) is 4.91. The Morgan fingerprint density at radius 1 is 1.25 bits per heavy atom. The zero-order valence-corrected chi connectivity index (χ0v) is 13.9. The number of carbonyl (C=O) groups is 2. The van der Waals surface area contributed by atoms with E-state index in [0.29, 0.717) is 17.7 Å². The van der Waals surface area contributed by atoms with E-state index in [4.69, 9.17) is 9.47 Å². The maximum Gasteiger partial charge on any atom is 0.355 e. The lowest BCUT2D eigenvalue weighted by Crippen LogP contribution is -2.18. The second kappa shape index (κ2) is 8.14. The molecular formula is C17H20N2O5. The minimum atomic E-state index is -0.536. The van der Waals surface area contributed by atoms with Crippen molar-refractivity contribution in [3.05, 3.63) is 30.0 Å². The van der Waals surface area contributed by atoms with Crippen molar-refractivity contribution in [2.24, 2.45) is 5.16 Å². The molecule has 1 heterocycles. The Balaban J connectivity index is 2.43. The number of rotatable bonds is 7. The molecule has 0 radical (unpaired) electrons. The van der Waals surface area contributed by atoms with Gasteiger partial charge in [-0.05, 0) is 37.6 Å². The van der Waals surface area contributed by atoms with E-state index in [9.17, 15) is 9.59 Å². The summed E-state index contributed by atoms with van der Waals surface area (Å²) in [5, 5.41) is 4.34. The molecule has 0 saturated heterocycles. The largest absolute Gasteiger partial charge is 0.497 e. The minimum Gasteiger partial charge on any atom is -0.497 e. The van der Waals surface area contributed by atoms with Crippen molar-refractivity contribution in [2.75, 3.05) is 20.8 Å². The van der Waals surface area contributed by atoms with Crippen molar-refractivity contribution in [3.63, 3.8) is 0 Å². The zero-order chi connectivity index (χ0) is 17.5. The van der Waals surface area contributed by atoms with Gasteiger partial charge < -0.3 is 14.3 Å². The van der Waals surface area contributed by atoms with Crippen LogP contribution in [0.15, 0.2) is 29.4 Å². The molecule has 0 aliphatic carbocycles. The molecule has 0 spiro atoms. The number of fused-ring (bicyclic) bond motifs is 1. The number of esters is 1. The molecule has 0 bridgehead atoms. The van der Waals surface area contributed by atoms with Gasteiger partial charge in [-0.25, -0.2) is 4.79 Å². The van der Waals surface area contributed by atoms with Crippen molar-refractivity contribution in [2.45, 2.75) is 19.8 Å². The predicted molar refractivity (Wildman–Crippen MR) is 89.8 cm³/mol. The Hall–Kier alpha value is -2.83. The fourth-order valence-corrected chi connectivity index (χ4v) is 2.37. The topological polar surface area (TPSA) is 79.1 Å². The van der Waals surface area contributed by atoms with Crippen LogP contribution < -0.4 is 4.74 Å². The van der Waals surface area contributed by atoms with E-state index < -0.39 is 5.97 Å². The van der Waals surface area contributed by atoms with Crippen molar-refractivity contribution >= 4 is 29.0 Å². The second-order valence-corrected chi connectivity index (χ2v) is 4.91. The van der Waals surface area contributed by atoms with E-state index in [-0.39, 0.29) is 24.6 Å². The highest BCUT2D eigenvalue weighted by atomic mass is 16.6. The molecule has 0 atom stereocenters. The zero-order valence-electron chi connectivity index (χ0n) is 13.9. The van der Waals surface area contributed by atoms with Crippen LogP contribution in [0.25, 0.3) is 10.9 Å². The number of nitrogens with zero attached hydrogens (tertiary/aromatic N) is 2. The van der Waals surface area contributed by atoms with Gasteiger partial charge in [-0.1, -0.05) is 5.16 Å². The Morgan fingerprint density at radius 2 is 2.04 bits per heavy atom. The molecule has 0 amide bonds. The van der Waals surface area contributed by atoms with Crippen LogP contribution in [0.4, 0.5) is 0 Å². The molecule has 0 N–H and O–H groups in total. The molecule has 2 rings (SSSR count). The molecule has 1 aromatic carbocycles. The highest BCUT2D eigenvalue weighted by Crippen LogP contribution is 2.25. The maximum atomic E-state index is 12.6. The predicted octanol–water partition coefficient (Wildman–Crippen LogP) is 2.88. The number of hydrogen-bond acceptors (Lipinski definition) is 6. The molecule has 7 heteroatoms. The summed E-state index contributed by atoms with van der Waals surface area (Å²) in [5.74, 6) is -0.109. The summed E-state index contributed by atoms with van der Waals surface area (Å²) < 4.78 is 11.6. The average molecular weight is 332 g/mol. The van der Waals surface area contributed by atoms with Gasteiger partial charge >= 0.3 is 5.97 Å². The van der Waals surface area contributed by atoms with Crippen LogP contribution in [0.1, 0.15) is 35.0 Å². The third-order valence-electron chi connectivity index (χ3n) is 3.41. The molecule has 128 valence electrons. The number of benzene rings is 1. The number of aromatic nitrogens is 1. The SMILES string of the molecule is CCOC(=O)c1cc2cc(OC)ccc2n1C(=O)CC/C=N/OC. The van der Waals surface area contributed by atoms with Gasteiger partial charge in [0, 0.05) is 18.0 Å². The van der Waals surface area contributed by atoms with Gasteiger partial charge in [0.25, 0.3) is 0 Å². The summed E-state index contributed by atoms with van der Waals surface area (Å²) in [7, 11) is 2.99. The van der Waals surface area contributed by atoms with E-state index in [1.807, 2.05) is 0 Å². The highest BCUT2D eigenvalue weighted by molar-refractivity contribution is 6.03. The summed E-state index contributed by atoms with van der Waals surface area (Å²) in [6.45, 7) is 1.95. The number of carbonyl (C=O) groups excluding carboxylic acids is 2. The third-order valence-corrected chi connectivity index (χ3v) is 3.41. The molecule has 24 heavy (non-hydrogen) atoms. The summed E-state index contributed by atoms with van der Waals surface area (Å²) in [4.78, 5) is 29.4. The van der Waals surface area contributed by atoms with Gasteiger partial charge in [0.05, 0.1) is 19.2 Å². The smallest absolute Gasteiger partial charge is 0.355 e. The first-order valence-corrected chi connectivity index (χ1v) is 7.57. The number of methoxy groups -OCH3 is 1. The lowest BCUT2D eigenvalue weighted by atomic mass is 10.2. The lowest BCUT2D eigenvalue weighted by Gasteiger charge is -2.08. The lowest BCUT2D eigenvalue weighted by molar-refractivity contribution is 0.0509. The quantitative estimate of drug-likeness (QED) is 0.442. The van der Waals surface area contributed by atoms with Crippen molar-refractivity contribution in [1.29, 1.82) is 0 Å². The third kappa shape index (κ3) is 3.73. The van der Waals surface area contributed by atoms with E-state index in [1.54, 1.807) is 38.3 Å². The Kier molecular flexibility index (Phi) is 5.95. The van der Waals surface area contributed by atoms with Crippen molar-refractivity contribution in [1.82, 2.24) is 4.57 Å². The van der Waals surface area contributed by atoms with Crippen LogP contribution in [-0.4, -0.2) is 43.5 Å². The molecule has 0 fully saturated rings. The van der Waals surface area contributed by atoms with E-state index in [0.717, 1.165) is 5.39 Å². The van der Waals surface area contributed by atoms with E-state index in [2.05, 4.69) is 9.99 Å². The highest BCUT2D eigenvalue weighted by Gasteiger charge is 2.21. The normalized spacial score (nSPS) is 11.0. The summed E-state index contributed by atoms with van der Waals surface area (Å²) >= 11 is 0. The molecular weight excluding hydrogens is 312 g/mol. The first-order chi connectivity index (χ1) is 11.6. The van der Waals surface area contributed by atoms with Gasteiger partial charge in [0.1, 0.15) is 18.6 Å². The summed E-state index contributed by atoms with van der Waals surface area (Å²) in [6.07, 6.45) is 2.11. The van der Waals surface area contributed by atoms with Crippen LogP contribution in [-0.2, 0) is 9.57 Å². The van der Waals surface area contributed by atoms with Crippen molar-refractivity contribution < 1.29 is 23.9 Å². The molecule has 0 aliphatic rings. The van der Waals surface area contributed by atoms with Crippen molar-refractivity contribution in [3.8, 4) is 5.75 Å². The molecule has 0 unspecified atom stereocenters. The van der Waals surface area contributed by atoms with Crippen LogP contribution in [0, 0.1) is 0 Å². The Bertz CT molecular complexity index is 764. The fourth-order valence-electron chi connectivity index (χ4n) is 2.37. The van der Waals surface area contributed by atoms with Gasteiger partial charge in [0.15, 0.2) is 0 Å².